The summed E-state index contributed by atoms with van der Waals surface area (Å²) >= 11 is 0. The molecule has 2 fully saturated rings. The zero-order chi connectivity index (χ0) is 21.7. The van der Waals surface area contributed by atoms with Crippen LogP contribution in [0.5, 0.6) is 0 Å². The number of carbonyl (C=O) groups is 1. The van der Waals surface area contributed by atoms with Gasteiger partial charge in [0.25, 0.3) is 0 Å². The standard InChI is InChI=1S/C24H31N3O3S/c28-24(25-22-9-3-4-10-23(22)26-15-5-1-6-16-26)19-20-11-13-21(14-12-20)31(29,30)27-17-7-2-8-18-27/h3-4,9-14H,1-2,5-8,15-19H2,(H,25,28). The average Bonchev–Trinajstić information content (AvgIpc) is 2.81. The van der Waals surface area contributed by atoms with Crippen LogP contribution < -0.4 is 10.2 Å². The Bertz CT molecular complexity index is 993. The van der Waals surface area contributed by atoms with Crippen LogP contribution in [0.4, 0.5) is 11.4 Å². The Labute approximate surface area is 185 Å². The maximum Gasteiger partial charge on any atom is 0.243 e. The molecule has 2 aliphatic rings. The van der Waals surface area contributed by atoms with Gasteiger partial charge in [0.1, 0.15) is 0 Å². The molecule has 166 valence electrons. The van der Waals surface area contributed by atoms with Gasteiger partial charge in [0, 0.05) is 26.2 Å². The van der Waals surface area contributed by atoms with Crippen molar-refractivity contribution in [3.8, 4) is 0 Å². The SMILES string of the molecule is O=C(Cc1ccc(S(=O)(=O)N2CCCCC2)cc1)Nc1ccccc1N1CCCCC1. The van der Waals surface area contributed by atoms with Crippen molar-refractivity contribution in [1.29, 1.82) is 0 Å². The number of hydrogen-bond acceptors (Lipinski definition) is 4. The largest absolute Gasteiger partial charge is 0.370 e. The van der Waals surface area contributed by atoms with Crippen molar-refractivity contribution in [2.45, 2.75) is 49.8 Å². The molecule has 2 aromatic carbocycles. The van der Waals surface area contributed by atoms with Crippen molar-refractivity contribution in [3.63, 3.8) is 0 Å². The first-order chi connectivity index (χ1) is 15.0. The number of amides is 1. The Kier molecular flexibility index (Phi) is 6.92. The molecule has 0 radical (unpaired) electrons. The van der Waals surface area contributed by atoms with E-state index in [0.717, 1.165) is 49.3 Å². The van der Waals surface area contributed by atoms with E-state index in [0.29, 0.717) is 18.0 Å². The predicted molar refractivity (Wildman–Crippen MR) is 124 cm³/mol. The van der Waals surface area contributed by atoms with Crippen LogP contribution in [0.2, 0.25) is 0 Å². The summed E-state index contributed by atoms with van der Waals surface area (Å²) in [6, 6.07) is 14.7. The van der Waals surface area contributed by atoms with Gasteiger partial charge >= 0.3 is 0 Å². The first-order valence-corrected chi connectivity index (χ1v) is 12.7. The van der Waals surface area contributed by atoms with Gasteiger partial charge in [0.05, 0.1) is 22.7 Å². The number of anilines is 2. The lowest BCUT2D eigenvalue weighted by molar-refractivity contribution is -0.115. The normalized spacial score (nSPS) is 18.0. The van der Waals surface area contributed by atoms with Crippen LogP contribution in [0.25, 0.3) is 0 Å². The summed E-state index contributed by atoms with van der Waals surface area (Å²) in [4.78, 5) is 15.3. The van der Waals surface area contributed by atoms with Gasteiger partial charge in [0.2, 0.25) is 15.9 Å². The van der Waals surface area contributed by atoms with Crippen LogP contribution >= 0.6 is 0 Å². The summed E-state index contributed by atoms with van der Waals surface area (Å²) in [7, 11) is -3.45. The molecule has 2 aliphatic heterocycles. The van der Waals surface area contributed by atoms with Crippen molar-refractivity contribution in [2.75, 3.05) is 36.4 Å². The van der Waals surface area contributed by atoms with Gasteiger partial charge in [-0.2, -0.15) is 4.31 Å². The lowest BCUT2D eigenvalue weighted by Gasteiger charge is -2.30. The highest BCUT2D eigenvalue weighted by Crippen LogP contribution is 2.28. The second kappa shape index (κ2) is 9.83. The van der Waals surface area contributed by atoms with Crippen LogP contribution in [0.15, 0.2) is 53.4 Å². The summed E-state index contributed by atoms with van der Waals surface area (Å²) in [5, 5.41) is 3.05. The van der Waals surface area contributed by atoms with Gasteiger partial charge in [-0.3, -0.25) is 4.79 Å². The molecule has 0 aliphatic carbocycles. The molecule has 2 saturated heterocycles. The number of nitrogens with one attached hydrogen (secondary N) is 1. The second-order valence-corrected chi connectivity index (χ2v) is 10.3. The van der Waals surface area contributed by atoms with E-state index in [-0.39, 0.29) is 12.3 Å². The molecule has 0 spiro atoms. The maximum atomic E-state index is 12.8. The molecule has 2 aromatic rings. The topological polar surface area (TPSA) is 69.7 Å². The quantitative estimate of drug-likeness (QED) is 0.735. The van der Waals surface area contributed by atoms with Crippen LogP contribution in [-0.4, -0.2) is 44.8 Å². The Morgan fingerprint density at radius 3 is 2.10 bits per heavy atom. The summed E-state index contributed by atoms with van der Waals surface area (Å²) in [6.45, 7) is 3.20. The molecule has 1 amide bonds. The highest BCUT2D eigenvalue weighted by Gasteiger charge is 2.25. The molecule has 4 rings (SSSR count). The Morgan fingerprint density at radius 2 is 1.42 bits per heavy atom. The van der Waals surface area contributed by atoms with E-state index in [1.54, 1.807) is 28.6 Å². The smallest absolute Gasteiger partial charge is 0.243 e. The number of nitrogens with zero attached hydrogens (tertiary/aromatic N) is 2. The van der Waals surface area contributed by atoms with E-state index in [1.165, 1.54) is 19.3 Å². The van der Waals surface area contributed by atoms with Crippen LogP contribution in [0.1, 0.15) is 44.1 Å². The summed E-state index contributed by atoms with van der Waals surface area (Å²) in [5.41, 5.74) is 2.70. The predicted octanol–water partition coefficient (Wildman–Crippen LogP) is 4.03. The minimum absolute atomic E-state index is 0.101. The number of sulfonamides is 1. The highest BCUT2D eigenvalue weighted by molar-refractivity contribution is 7.89. The van der Waals surface area contributed by atoms with Crippen molar-refractivity contribution in [1.82, 2.24) is 4.31 Å². The van der Waals surface area contributed by atoms with Crippen molar-refractivity contribution >= 4 is 27.3 Å². The third-order valence-electron chi connectivity index (χ3n) is 6.12. The third kappa shape index (κ3) is 5.28. The first kappa shape index (κ1) is 21.8. The van der Waals surface area contributed by atoms with Gasteiger partial charge in [-0.1, -0.05) is 30.7 Å². The molecule has 0 atom stereocenters. The van der Waals surface area contributed by atoms with E-state index >= 15 is 0 Å². The lowest BCUT2D eigenvalue weighted by Crippen LogP contribution is -2.35. The zero-order valence-corrected chi connectivity index (χ0v) is 18.7. The molecule has 0 unspecified atom stereocenters. The van der Waals surface area contributed by atoms with Crippen LogP contribution in [0, 0.1) is 0 Å². The van der Waals surface area contributed by atoms with Gasteiger partial charge in [-0.25, -0.2) is 8.42 Å². The summed E-state index contributed by atoms with van der Waals surface area (Å²) in [6.07, 6.45) is 6.73. The molecular formula is C24H31N3O3S. The van der Waals surface area contributed by atoms with Gasteiger partial charge in [-0.15, -0.1) is 0 Å². The number of benzene rings is 2. The summed E-state index contributed by atoms with van der Waals surface area (Å²) < 4.78 is 27.1. The minimum atomic E-state index is -3.45. The van der Waals surface area contributed by atoms with Gasteiger partial charge < -0.3 is 10.2 Å². The molecule has 2 heterocycles. The minimum Gasteiger partial charge on any atom is -0.370 e. The lowest BCUT2D eigenvalue weighted by atomic mass is 10.1. The molecule has 1 N–H and O–H groups in total. The Morgan fingerprint density at radius 1 is 0.806 bits per heavy atom. The fraction of sp³-hybridized carbons (Fsp3) is 0.458. The monoisotopic (exact) mass is 441 g/mol. The fourth-order valence-corrected chi connectivity index (χ4v) is 5.92. The van der Waals surface area contributed by atoms with E-state index in [1.807, 2.05) is 18.2 Å². The molecule has 0 bridgehead atoms. The number of hydrogen-bond donors (Lipinski definition) is 1. The van der Waals surface area contributed by atoms with Crippen LogP contribution in [-0.2, 0) is 21.2 Å². The molecular weight excluding hydrogens is 410 g/mol. The van der Waals surface area contributed by atoms with Crippen LogP contribution in [0.3, 0.4) is 0 Å². The Hall–Kier alpha value is -2.38. The number of rotatable bonds is 6. The Balaban J connectivity index is 1.40. The maximum absolute atomic E-state index is 12.8. The van der Waals surface area contributed by atoms with Crippen molar-refractivity contribution in [2.24, 2.45) is 0 Å². The van der Waals surface area contributed by atoms with E-state index in [9.17, 15) is 13.2 Å². The van der Waals surface area contributed by atoms with Crippen molar-refractivity contribution < 1.29 is 13.2 Å². The number of para-hydroxylation sites is 2. The molecule has 0 aromatic heterocycles. The van der Waals surface area contributed by atoms with E-state index in [4.69, 9.17) is 0 Å². The van der Waals surface area contributed by atoms with Crippen molar-refractivity contribution in [3.05, 3.63) is 54.1 Å². The second-order valence-electron chi connectivity index (χ2n) is 8.40. The average molecular weight is 442 g/mol. The van der Waals surface area contributed by atoms with Gasteiger partial charge in [-0.05, 0) is 61.9 Å². The molecule has 31 heavy (non-hydrogen) atoms. The molecule has 7 heteroatoms. The third-order valence-corrected chi connectivity index (χ3v) is 8.03. The number of piperidine rings is 2. The van der Waals surface area contributed by atoms with E-state index in [2.05, 4.69) is 16.3 Å². The fourth-order valence-electron chi connectivity index (χ4n) is 4.40. The zero-order valence-electron chi connectivity index (χ0n) is 17.9. The molecule has 6 nitrogen and oxygen atoms in total. The highest BCUT2D eigenvalue weighted by atomic mass is 32.2. The van der Waals surface area contributed by atoms with Gasteiger partial charge in [0.15, 0.2) is 0 Å². The number of carbonyl (C=O) groups excluding carboxylic acids is 1. The first-order valence-electron chi connectivity index (χ1n) is 11.3. The van der Waals surface area contributed by atoms with E-state index < -0.39 is 10.0 Å². The summed E-state index contributed by atoms with van der Waals surface area (Å²) in [5.74, 6) is -0.101. The molecule has 0 saturated carbocycles.